The first-order chi connectivity index (χ1) is 70.5. The van der Waals surface area contributed by atoms with Gasteiger partial charge in [-0.1, -0.05) is 51.8 Å². The average Bonchev–Trinajstić information content (AvgIpc) is 1.61. The minimum Gasteiger partial charge on any atom is -0.388 e. The van der Waals surface area contributed by atoms with Crippen LogP contribution in [-0.4, -0.2) is 455 Å². The first-order valence-electron chi connectivity index (χ1n) is 49.5. The quantitative estimate of drug-likeness (QED) is 0.0155. The second-order valence-electron chi connectivity index (χ2n) is 35.9. The first kappa shape index (κ1) is 118. The molecule has 11 rings (SSSR count). The number of nitrogens with one attached hydrogen (secondary N) is 6. The van der Waals surface area contributed by atoms with Gasteiger partial charge in [-0.25, -0.2) is 19.0 Å². The van der Waals surface area contributed by atoms with E-state index in [1.54, 1.807) is 60.4 Å². The second-order valence-corrected chi connectivity index (χ2v) is 38.3. The Balaban J connectivity index is 0.601. The number of carbonyl (C=O) groups is 6. The van der Waals surface area contributed by atoms with E-state index in [-0.39, 0.29) is 242 Å². The van der Waals surface area contributed by atoms with Crippen LogP contribution in [0.15, 0.2) is 48.0 Å². The number of aliphatic hydroxyl groups excluding tert-OH is 6. The van der Waals surface area contributed by atoms with Crippen molar-refractivity contribution < 1.29 is 173 Å². The topological polar surface area (TPSA) is 623 Å². The molecule has 4 aromatic heterocycles. The number of hydrogen-bond donors (Lipinski definition) is 12. The lowest BCUT2D eigenvalue weighted by Gasteiger charge is -2.42. The molecule has 11 heterocycles. The highest BCUT2D eigenvalue weighted by molar-refractivity contribution is 8.76. The SMILES string of the molecule is CC(=O)N[C@H]1[C@H]2OC[C@](COCCOCCOCCOCCn3cc(COCC(COCc4cn(CCOCCOCCOCCOC[C@@]56CO[C@@H](O5)[C@H](NC(C)=O)[C@@H](O)C6O)nn4)(COCc4cn(CCOCCOCCOCCOC[C@@]56CO[C@@H](O5)[C@H](NC(C)=O)[C@@H](O)[C@H]6O)nn4)NC(=O)CCCCCNC(=O)CCCCCOC4OCC(NC(=O)CCCCCSSc5ccccn5)CO4)nn3)(O2)[C@H](O)[C@@H]1O. The molecule has 7 saturated heterocycles. The number of unbranched alkanes of at least 4 members (excludes halogenated alkanes) is 6. The van der Waals surface area contributed by atoms with Crippen molar-refractivity contribution in [2.24, 2.45) is 0 Å². The van der Waals surface area contributed by atoms with Crippen molar-refractivity contribution in [1.29, 1.82) is 0 Å². The zero-order valence-electron chi connectivity index (χ0n) is 82.8. The Hall–Kier alpha value is -7.11. The highest BCUT2D eigenvalue weighted by Gasteiger charge is 2.62. The molecule has 15 atom stereocenters. The zero-order valence-corrected chi connectivity index (χ0v) is 84.5. The van der Waals surface area contributed by atoms with E-state index in [1.165, 1.54) is 20.8 Å². The third-order valence-electron chi connectivity index (χ3n) is 23.9. The van der Waals surface area contributed by atoms with E-state index >= 15 is 0 Å². The number of rotatable bonds is 80. The molecule has 7 aliphatic heterocycles. The normalized spacial score (nSPS) is 25.7. The number of aromatic nitrogens is 10. The summed E-state index contributed by atoms with van der Waals surface area (Å²) in [6, 6.07) is 2.84. The Kier molecular flexibility index (Phi) is 53.1. The molecule has 54 heteroatoms. The van der Waals surface area contributed by atoms with Gasteiger partial charge >= 0.3 is 0 Å². The Bertz CT molecular complexity index is 4020. The van der Waals surface area contributed by atoms with Crippen LogP contribution in [-0.2, 0) is 182 Å². The van der Waals surface area contributed by atoms with Gasteiger partial charge < -0.3 is 176 Å². The highest BCUT2D eigenvalue weighted by atomic mass is 33.1. The molecule has 6 bridgehead atoms. The number of pyridine rings is 1. The van der Waals surface area contributed by atoms with E-state index in [4.69, 9.17) is 114 Å². The van der Waals surface area contributed by atoms with Crippen LogP contribution in [0, 0.1) is 0 Å². The molecule has 6 amide bonds. The van der Waals surface area contributed by atoms with Gasteiger partial charge in [0.05, 0.1) is 282 Å². The third kappa shape index (κ3) is 41.2. The van der Waals surface area contributed by atoms with Gasteiger partial charge in [-0.05, 0) is 61.5 Å². The smallest absolute Gasteiger partial charge is 0.271 e. The van der Waals surface area contributed by atoms with Crippen molar-refractivity contribution in [3.63, 3.8) is 0 Å². The molecule has 0 radical (unpaired) electrons. The lowest BCUT2D eigenvalue weighted by atomic mass is 9.88. The van der Waals surface area contributed by atoms with Gasteiger partial charge in [0.1, 0.15) is 99.2 Å². The third-order valence-corrected chi connectivity index (χ3v) is 26.2. The van der Waals surface area contributed by atoms with Crippen LogP contribution in [0.5, 0.6) is 0 Å². The molecule has 7 fully saturated rings. The Labute approximate surface area is 849 Å². The van der Waals surface area contributed by atoms with E-state index in [0.717, 1.165) is 36.5 Å². The van der Waals surface area contributed by atoms with E-state index in [2.05, 4.69) is 67.8 Å². The van der Waals surface area contributed by atoms with Crippen LogP contribution >= 0.6 is 21.6 Å². The molecule has 52 nitrogen and oxygen atoms in total. The van der Waals surface area contributed by atoms with Crippen molar-refractivity contribution in [3.8, 4) is 0 Å². The number of hydrogen-bond acceptors (Lipinski definition) is 45. The van der Waals surface area contributed by atoms with E-state index in [1.807, 2.05) is 18.2 Å². The van der Waals surface area contributed by atoms with Gasteiger partial charge in [0.15, 0.2) is 18.9 Å². The summed E-state index contributed by atoms with van der Waals surface area (Å²) in [5.41, 5.74) is -3.75. The molecule has 4 aromatic rings. The summed E-state index contributed by atoms with van der Waals surface area (Å²) in [6.07, 6.45) is 3.64. The Morgan fingerprint density at radius 3 is 1.17 bits per heavy atom. The zero-order chi connectivity index (χ0) is 103. The number of amides is 6. The highest BCUT2D eigenvalue weighted by Crippen LogP contribution is 2.41. The van der Waals surface area contributed by atoms with E-state index in [9.17, 15) is 59.4 Å². The number of carbonyl (C=O) groups excluding carboxylic acids is 6. The minimum absolute atomic E-state index is 0.0227. The lowest BCUT2D eigenvalue weighted by Crippen LogP contribution is -2.66. The summed E-state index contributed by atoms with van der Waals surface area (Å²) in [5.74, 6) is -0.638. The summed E-state index contributed by atoms with van der Waals surface area (Å²) in [4.78, 5) is 79.1. The lowest BCUT2D eigenvalue weighted by molar-refractivity contribution is -0.315. The maximum atomic E-state index is 14.4. The molecule has 0 saturated carbocycles. The van der Waals surface area contributed by atoms with Crippen molar-refractivity contribution in [3.05, 3.63) is 60.1 Å². The number of fused-ring (bicyclic) bond motifs is 6. The van der Waals surface area contributed by atoms with Crippen LogP contribution in [0.3, 0.4) is 0 Å². The summed E-state index contributed by atoms with van der Waals surface area (Å²) >= 11 is 0. The van der Waals surface area contributed by atoms with Crippen molar-refractivity contribution >= 4 is 57.0 Å². The minimum atomic E-state index is -1.36. The maximum Gasteiger partial charge on any atom is 0.271 e. The molecule has 7 aliphatic rings. The van der Waals surface area contributed by atoms with Crippen LogP contribution in [0.2, 0.25) is 0 Å². The average molecular weight is 2110 g/mol. The molecule has 820 valence electrons. The fourth-order valence-corrected chi connectivity index (χ4v) is 18.4. The van der Waals surface area contributed by atoms with Gasteiger partial charge in [0, 0.05) is 58.5 Å². The van der Waals surface area contributed by atoms with Crippen LogP contribution in [0.1, 0.15) is 115 Å². The molecule has 145 heavy (non-hydrogen) atoms. The fourth-order valence-electron chi connectivity index (χ4n) is 16.3. The van der Waals surface area contributed by atoms with Crippen molar-refractivity contribution in [2.45, 2.75) is 251 Å². The van der Waals surface area contributed by atoms with Gasteiger partial charge in [0.2, 0.25) is 35.4 Å². The maximum absolute atomic E-state index is 14.4. The molecular formula is C91H148N16O36S2. The van der Waals surface area contributed by atoms with Gasteiger partial charge in [-0.2, -0.15) is 0 Å². The van der Waals surface area contributed by atoms with E-state index in [0.29, 0.717) is 115 Å². The van der Waals surface area contributed by atoms with Gasteiger partial charge in [-0.15, -0.1) is 15.3 Å². The molecular weight excluding hydrogens is 1960 g/mol. The van der Waals surface area contributed by atoms with Gasteiger partial charge in [-0.3, -0.25) is 28.8 Å². The van der Waals surface area contributed by atoms with E-state index < -0.39 is 120 Å². The van der Waals surface area contributed by atoms with Crippen LogP contribution in [0.25, 0.3) is 0 Å². The second kappa shape index (κ2) is 65.2. The van der Waals surface area contributed by atoms with Crippen molar-refractivity contribution in [1.82, 2.24) is 81.9 Å². The Morgan fingerprint density at radius 1 is 0.414 bits per heavy atom. The molecule has 0 aliphatic carbocycles. The first-order valence-corrected chi connectivity index (χ1v) is 51.9. The molecule has 0 aromatic carbocycles. The van der Waals surface area contributed by atoms with Crippen molar-refractivity contribution in [2.75, 3.05) is 230 Å². The standard InChI is InChI=1S/C91H148N16O36S2/c1-64(108)94-75-78(114)81(117)89(61-138-84(75)141-89)58-129-43-40-126-37-34-123-31-28-120-25-21-105-47-67(99-102-105)50-132-55-88(56-133-51-68-48-106(103-100-68)22-26-121-29-32-124-35-38-127-41-44-130-59-90-62-139-85(142-90)76(95-65(2)109)79(115)82(90)118,57-134-52-69-49-107(104-101-69)23-27-122-30-33-125-36-39-128-42-45-131-60-91-63-140-86(143-91)77(96-66(3)110)80(116)83(91)119)98-73(113)17-7-4-11-19-92-71(111)15-8-5-13-24-135-87-136-53-70(54-137-87)97-72(112)16-9-6-14-46-144-145-74-18-10-12-20-93-74/h10,12,18,20,47-49,70,75-87,114-119H,4-9,11,13-17,19,21-46,50-63H2,1-3H3,(H,92,111)(H,94,108)(H,95,109)(H,96,110)(H,97,112)(H,98,113)/t70?,75-,76-,77-,78-,79-,80-,81-,82-,83?,84+,85+,86+,87?,89+,90+,91+/m1/s1. The van der Waals surface area contributed by atoms with Crippen LogP contribution < -0.4 is 31.9 Å². The molecule has 1 unspecified atom stereocenters. The molecule has 12 N–H and O–H groups in total. The number of aliphatic hydroxyl groups is 6. The Morgan fingerprint density at radius 2 is 0.779 bits per heavy atom. The predicted molar refractivity (Wildman–Crippen MR) is 504 cm³/mol. The van der Waals surface area contributed by atoms with Gasteiger partial charge in [0.25, 0.3) is 6.48 Å². The summed E-state index contributed by atoms with van der Waals surface area (Å²) in [6.45, 7) is 10.2. The van der Waals surface area contributed by atoms with Crippen LogP contribution in [0.4, 0.5) is 0 Å². The number of ether oxygens (including phenoxy) is 24. The number of nitrogens with zero attached hydrogens (tertiary/aromatic N) is 10. The summed E-state index contributed by atoms with van der Waals surface area (Å²) in [5, 5.41) is 108. The monoisotopic (exact) mass is 2100 g/mol. The fraction of sp³-hybridized carbons (Fsp3) is 0.813. The summed E-state index contributed by atoms with van der Waals surface area (Å²) < 4.78 is 144. The summed E-state index contributed by atoms with van der Waals surface area (Å²) in [7, 11) is 3.42. The largest absolute Gasteiger partial charge is 0.388 e. The molecule has 0 spiro atoms. The predicted octanol–water partition coefficient (Wildman–Crippen LogP) is -3.01.